The SMILES string of the molecule is CCCNCCNC(=O)Cc1ccc(CC)cc1.Cl. The van der Waals surface area contributed by atoms with E-state index >= 15 is 0 Å². The smallest absolute Gasteiger partial charge is 0.224 e. The van der Waals surface area contributed by atoms with Gasteiger partial charge in [-0.3, -0.25) is 4.79 Å². The van der Waals surface area contributed by atoms with Crippen molar-refractivity contribution in [3.63, 3.8) is 0 Å². The van der Waals surface area contributed by atoms with Gasteiger partial charge in [-0.1, -0.05) is 38.1 Å². The van der Waals surface area contributed by atoms with Gasteiger partial charge in [0.1, 0.15) is 0 Å². The van der Waals surface area contributed by atoms with Gasteiger partial charge in [0.05, 0.1) is 6.42 Å². The van der Waals surface area contributed by atoms with Crippen LogP contribution < -0.4 is 10.6 Å². The van der Waals surface area contributed by atoms with Crippen LogP contribution in [-0.2, 0) is 17.6 Å². The summed E-state index contributed by atoms with van der Waals surface area (Å²) in [5.41, 5.74) is 2.38. The zero-order chi connectivity index (χ0) is 13.2. The third kappa shape index (κ3) is 7.85. The van der Waals surface area contributed by atoms with Gasteiger partial charge < -0.3 is 10.6 Å². The normalized spacial score (nSPS) is 9.79. The Labute approximate surface area is 122 Å². The van der Waals surface area contributed by atoms with E-state index in [0.29, 0.717) is 13.0 Å². The number of rotatable bonds is 8. The fourth-order valence-corrected chi connectivity index (χ4v) is 1.73. The molecule has 4 heteroatoms. The minimum Gasteiger partial charge on any atom is -0.355 e. The molecular weight excluding hydrogens is 260 g/mol. The fourth-order valence-electron chi connectivity index (χ4n) is 1.73. The number of aryl methyl sites for hydroxylation is 1. The third-order valence-corrected chi connectivity index (χ3v) is 2.85. The Hall–Kier alpha value is -1.06. The van der Waals surface area contributed by atoms with E-state index in [4.69, 9.17) is 0 Å². The number of benzene rings is 1. The third-order valence-electron chi connectivity index (χ3n) is 2.85. The quantitative estimate of drug-likeness (QED) is 0.720. The van der Waals surface area contributed by atoms with Crippen LogP contribution in [0.1, 0.15) is 31.4 Å². The van der Waals surface area contributed by atoms with Gasteiger partial charge in [-0.2, -0.15) is 0 Å². The van der Waals surface area contributed by atoms with Crippen LogP contribution in [0.25, 0.3) is 0 Å². The van der Waals surface area contributed by atoms with E-state index < -0.39 is 0 Å². The highest BCUT2D eigenvalue weighted by atomic mass is 35.5. The Morgan fingerprint density at radius 3 is 2.21 bits per heavy atom. The molecule has 0 saturated carbocycles. The topological polar surface area (TPSA) is 41.1 Å². The van der Waals surface area contributed by atoms with E-state index in [1.54, 1.807) is 0 Å². The van der Waals surface area contributed by atoms with Gasteiger partial charge in [-0.05, 0) is 30.5 Å². The van der Waals surface area contributed by atoms with Gasteiger partial charge in [0.25, 0.3) is 0 Å². The van der Waals surface area contributed by atoms with Crippen molar-refractivity contribution >= 4 is 18.3 Å². The molecule has 3 nitrogen and oxygen atoms in total. The molecule has 2 N–H and O–H groups in total. The summed E-state index contributed by atoms with van der Waals surface area (Å²) < 4.78 is 0. The summed E-state index contributed by atoms with van der Waals surface area (Å²) in [4.78, 5) is 11.7. The Kier molecular flexibility index (Phi) is 10.2. The Bertz CT molecular complexity index is 352. The summed E-state index contributed by atoms with van der Waals surface area (Å²) in [5, 5.41) is 6.17. The second kappa shape index (κ2) is 10.8. The summed E-state index contributed by atoms with van der Waals surface area (Å²) in [5.74, 6) is 0.0950. The molecule has 0 aliphatic heterocycles. The highest BCUT2D eigenvalue weighted by Gasteiger charge is 2.02. The van der Waals surface area contributed by atoms with Crippen molar-refractivity contribution in [2.75, 3.05) is 19.6 Å². The van der Waals surface area contributed by atoms with Crippen LogP contribution >= 0.6 is 12.4 Å². The molecule has 19 heavy (non-hydrogen) atoms. The van der Waals surface area contributed by atoms with Gasteiger partial charge in [0.15, 0.2) is 0 Å². The molecule has 0 atom stereocenters. The van der Waals surface area contributed by atoms with Gasteiger partial charge in [0.2, 0.25) is 5.91 Å². The Morgan fingerprint density at radius 1 is 1.00 bits per heavy atom. The average molecular weight is 285 g/mol. The zero-order valence-corrected chi connectivity index (χ0v) is 12.7. The molecule has 1 aromatic carbocycles. The molecule has 0 fully saturated rings. The van der Waals surface area contributed by atoms with E-state index in [0.717, 1.165) is 31.5 Å². The van der Waals surface area contributed by atoms with Crippen molar-refractivity contribution in [3.8, 4) is 0 Å². The molecule has 108 valence electrons. The maximum absolute atomic E-state index is 11.7. The van der Waals surface area contributed by atoms with Crippen LogP contribution in [0.3, 0.4) is 0 Å². The first-order valence-electron chi connectivity index (χ1n) is 6.81. The average Bonchev–Trinajstić information content (AvgIpc) is 2.39. The lowest BCUT2D eigenvalue weighted by molar-refractivity contribution is -0.120. The first kappa shape index (κ1) is 17.9. The van der Waals surface area contributed by atoms with E-state index in [2.05, 4.69) is 36.6 Å². The molecule has 1 amide bonds. The first-order valence-corrected chi connectivity index (χ1v) is 6.81. The van der Waals surface area contributed by atoms with Crippen molar-refractivity contribution in [1.82, 2.24) is 10.6 Å². The summed E-state index contributed by atoms with van der Waals surface area (Å²) >= 11 is 0. The zero-order valence-electron chi connectivity index (χ0n) is 11.9. The van der Waals surface area contributed by atoms with Crippen molar-refractivity contribution in [1.29, 1.82) is 0 Å². The van der Waals surface area contributed by atoms with Crippen LogP contribution in [0.4, 0.5) is 0 Å². The van der Waals surface area contributed by atoms with Crippen LogP contribution in [0.2, 0.25) is 0 Å². The van der Waals surface area contributed by atoms with Crippen molar-refractivity contribution in [2.45, 2.75) is 33.1 Å². The van der Waals surface area contributed by atoms with Crippen LogP contribution in [0, 0.1) is 0 Å². The summed E-state index contributed by atoms with van der Waals surface area (Å²) in [6.07, 6.45) is 2.63. The molecule has 1 rings (SSSR count). The van der Waals surface area contributed by atoms with Crippen molar-refractivity contribution in [2.24, 2.45) is 0 Å². The largest absolute Gasteiger partial charge is 0.355 e. The van der Waals surface area contributed by atoms with Crippen LogP contribution in [-0.4, -0.2) is 25.5 Å². The number of halogens is 1. The molecule has 0 heterocycles. The van der Waals surface area contributed by atoms with Gasteiger partial charge >= 0.3 is 0 Å². The highest BCUT2D eigenvalue weighted by molar-refractivity contribution is 5.85. The molecular formula is C15H25ClN2O. The summed E-state index contributed by atoms with van der Waals surface area (Å²) in [6.45, 7) is 6.81. The highest BCUT2D eigenvalue weighted by Crippen LogP contribution is 2.05. The molecule has 0 aliphatic rings. The van der Waals surface area contributed by atoms with Gasteiger partial charge in [-0.25, -0.2) is 0 Å². The number of carbonyl (C=O) groups is 1. The summed E-state index contributed by atoms with van der Waals surface area (Å²) in [6, 6.07) is 8.25. The molecule has 0 bridgehead atoms. The lowest BCUT2D eigenvalue weighted by Crippen LogP contribution is -2.32. The van der Waals surface area contributed by atoms with E-state index in [1.165, 1.54) is 5.56 Å². The minimum absolute atomic E-state index is 0. The molecule has 0 aliphatic carbocycles. The lowest BCUT2D eigenvalue weighted by atomic mass is 10.1. The predicted octanol–water partition coefficient (Wildman–Crippen LogP) is 2.33. The number of amides is 1. The first-order chi connectivity index (χ1) is 8.76. The monoisotopic (exact) mass is 284 g/mol. The van der Waals surface area contributed by atoms with Crippen molar-refractivity contribution < 1.29 is 4.79 Å². The Morgan fingerprint density at radius 2 is 1.63 bits per heavy atom. The van der Waals surface area contributed by atoms with Crippen LogP contribution in [0.15, 0.2) is 24.3 Å². The van der Waals surface area contributed by atoms with E-state index in [1.807, 2.05) is 12.1 Å². The van der Waals surface area contributed by atoms with Gasteiger partial charge in [-0.15, -0.1) is 12.4 Å². The molecule has 0 radical (unpaired) electrons. The number of nitrogens with one attached hydrogen (secondary N) is 2. The molecule has 0 saturated heterocycles. The molecule has 0 unspecified atom stereocenters. The predicted molar refractivity (Wildman–Crippen MR) is 82.9 cm³/mol. The molecule has 0 spiro atoms. The Balaban J connectivity index is 0.00000324. The number of hydrogen-bond donors (Lipinski definition) is 2. The standard InChI is InChI=1S/C15H24N2O.ClH/c1-3-9-16-10-11-17-15(18)12-14-7-5-13(4-2)6-8-14;/h5-8,16H,3-4,9-12H2,1-2H3,(H,17,18);1H. The minimum atomic E-state index is 0. The maximum atomic E-state index is 11.7. The lowest BCUT2D eigenvalue weighted by Gasteiger charge is -2.06. The molecule has 1 aromatic rings. The van der Waals surface area contributed by atoms with E-state index in [-0.39, 0.29) is 18.3 Å². The number of hydrogen-bond acceptors (Lipinski definition) is 2. The van der Waals surface area contributed by atoms with Crippen molar-refractivity contribution in [3.05, 3.63) is 35.4 Å². The number of carbonyl (C=O) groups excluding carboxylic acids is 1. The fraction of sp³-hybridized carbons (Fsp3) is 0.533. The van der Waals surface area contributed by atoms with Gasteiger partial charge in [0, 0.05) is 13.1 Å². The summed E-state index contributed by atoms with van der Waals surface area (Å²) in [7, 11) is 0. The van der Waals surface area contributed by atoms with Crippen LogP contribution in [0.5, 0.6) is 0 Å². The van der Waals surface area contributed by atoms with E-state index in [9.17, 15) is 4.79 Å². The maximum Gasteiger partial charge on any atom is 0.224 e. The molecule has 0 aromatic heterocycles. The second-order valence-electron chi connectivity index (χ2n) is 4.45. The second-order valence-corrected chi connectivity index (χ2v) is 4.45.